The normalized spacial score (nSPS) is 15.2. The van der Waals surface area contributed by atoms with Gasteiger partial charge in [-0.05, 0) is 36.1 Å². The van der Waals surface area contributed by atoms with Crippen molar-refractivity contribution in [3.05, 3.63) is 78.4 Å². The Morgan fingerprint density at radius 3 is 2.66 bits per heavy atom. The average molecular weight is 389 g/mol. The minimum absolute atomic E-state index is 0.0219. The van der Waals surface area contributed by atoms with Gasteiger partial charge in [0.2, 0.25) is 5.91 Å². The van der Waals surface area contributed by atoms with Crippen LogP contribution in [-0.2, 0) is 16.1 Å². The quantitative estimate of drug-likeness (QED) is 0.703. The SMILES string of the molecule is O=C(Nc1cnn(Cc2ccncc2)c1)C(c1ccccc1)N1CCCCC1=O. The van der Waals surface area contributed by atoms with Crippen molar-refractivity contribution in [1.29, 1.82) is 0 Å². The van der Waals surface area contributed by atoms with Crippen LogP contribution in [0, 0.1) is 0 Å². The molecule has 29 heavy (non-hydrogen) atoms. The van der Waals surface area contributed by atoms with Gasteiger partial charge in [-0.25, -0.2) is 0 Å². The van der Waals surface area contributed by atoms with E-state index in [4.69, 9.17) is 0 Å². The van der Waals surface area contributed by atoms with Crippen LogP contribution in [0.3, 0.4) is 0 Å². The molecule has 2 amide bonds. The maximum atomic E-state index is 13.2. The van der Waals surface area contributed by atoms with Gasteiger partial charge in [0.05, 0.1) is 18.4 Å². The predicted octanol–water partition coefficient (Wildman–Crippen LogP) is 3.02. The van der Waals surface area contributed by atoms with Crippen LogP contribution >= 0.6 is 0 Å². The van der Waals surface area contributed by atoms with Crippen LogP contribution in [0.1, 0.15) is 36.4 Å². The first-order valence-electron chi connectivity index (χ1n) is 9.77. The van der Waals surface area contributed by atoms with E-state index in [1.54, 1.807) is 34.4 Å². The molecule has 1 atom stereocenters. The lowest BCUT2D eigenvalue weighted by Gasteiger charge is -2.34. The fourth-order valence-electron chi connectivity index (χ4n) is 3.61. The maximum Gasteiger partial charge on any atom is 0.251 e. The van der Waals surface area contributed by atoms with E-state index < -0.39 is 6.04 Å². The molecule has 2 aromatic heterocycles. The van der Waals surface area contributed by atoms with Gasteiger partial charge in [0.1, 0.15) is 6.04 Å². The number of carbonyl (C=O) groups is 2. The highest BCUT2D eigenvalue weighted by molar-refractivity contribution is 5.97. The third-order valence-electron chi connectivity index (χ3n) is 5.03. The van der Waals surface area contributed by atoms with Crippen LogP contribution in [0.25, 0.3) is 0 Å². The summed E-state index contributed by atoms with van der Waals surface area (Å²) in [6.45, 7) is 1.18. The minimum Gasteiger partial charge on any atom is -0.327 e. The molecule has 1 aromatic carbocycles. The highest BCUT2D eigenvalue weighted by Crippen LogP contribution is 2.27. The Morgan fingerprint density at radius 1 is 1.10 bits per heavy atom. The van der Waals surface area contributed by atoms with Crippen LogP contribution < -0.4 is 5.32 Å². The van der Waals surface area contributed by atoms with Crippen molar-refractivity contribution in [3.63, 3.8) is 0 Å². The van der Waals surface area contributed by atoms with Crippen LogP contribution in [0.5, 0.6) is 0 Å². The van der Waals surface area contributed by atoms with E-state index in [0.717, 1.165) is 24.0 Å². The number of anilines is 1. The van der Waals surface area contributed by atoms with Crippen LogP contribution in [0.4, 0.5) is 5.69 Å². The second kappa shape index (κ2) is 8.68. The molecule has 7 nitrogen and oxygen atoms in total. The van der Waals surface area contributed by atoms with Gasteiger partial charge in [0, 0.05) is 31.6 Å². The Labute approximate surface area is 169 Å². The lowest BCUT2D eigenvalue weighted by Crippen LogP contribution is -2.43. The number of aromatic nitrogens is 3. The summed E-state index contributed by atoms with van der Waals surface area (Å²) in [7, 11) is 0. The Kier molecular flexibility index (Phi) is 5.65. The molecular formula is C22H23N5O2. The number of nitrogens with one attached hydrogen (secondary N) is 1. The number of nitrogens with zero attached hydrogens (tertiary/aromatic N) is 4. The van der Waals surface area contributed by atoms with Crippen molar-refractivity contribution in [2.75, 3.05) is 11.9 Å². The third kappa shape index (κ3) is 4.51. The zero-order valence-electron chi connectivity index (χ0n) is 16.1. The van der Waals surface area contributed by atoms with Crippen LogP contribution in [0.15, 0.2) is 67.3 Å². The maximum absolute atomic E-state index is 13.2. The molecule has 0 spiro atoms. The van der Waals surface area contributed by atoms with Crippen molar-refractivity contribution < 1.29 is 9.59 Å². The predicted molar refractivity (Wildman–Crippen MR) is 109 cm³/mol. The smallest absolute Gasteiger partial charge is 0.251 e. The molecule has 1 aliphatic rings. The van der Waals surface area contributed by atoms with Gasteiger partial charge in [0.15, 0.2) is 0 Å². The first-order valence-corrected chi connectivity index (χ1v) is 9.77. The number of benzene rings is 1. The van der Waals surface area contributed by atoms with Gasteiger partial charge in [-0.15, -0.1) is 0 Å². The van der Waals surface area contributed by atoms with E-state index in [9.17, 15) is 9.59 Å². The van der Waals surface area contributed by atoms with E-state index in [2.05, 4.69) is 15.4 Å². The van der Waals surface area contributed by atoms with Gasteiger partial charge in [-0.3, -0.25) is 19.3 Å². The molecule has 0 saturated carbocycles. The molecule has 4 rings (SSSR count). The highest BCUT2D eigenvalue weighted by Gasteiger charge is 2.32. The summed E-state index contributed by atoms with van der Waals surface area (Å²) in [5, 5.41) is 7.26. The Balaban J connectivity index is 1.52. The Bertz CT molecular complexity index is 971. The highest BCUT2D eigenvalue weighted by atomic mass is 16.2. The minimum atomic E-state index is -0.646. The molecule has 3 heterocycles. The van der Waals surface area contributed by atoms with E-state index in [-0.39, 0.29) is 11.8 Å². The van der Waals surface area contributed by atoms with Crippen molar-refractivity contribution in [2.45, 2.75) is 31.8 Å². The standard InChI is InChI=1S/C22H23N5O2/c28-20-8-4-5-13-27(20)21(18-6-2-1-3-7-18)22(29)25-19-14-24-26(16-19)15-17-9-11-23-12-10-17/h1-3,6-7,9-12,14,16,21H,4-5,8,13,15H2,(H,25,29). The van der Waals surface area contributed by atoms with Gasteiger partial charge in [-0.1, -0.05) is 30.3 Å². The number of rotatable bonds is 6. The summed E-state index contributed by atoms with van der Waals surface area (Å²) in [5.41, 5.74) is 2.49. The third-order valence-corrected chi connectivity index (χ3v) is 5.03. The molecule has 1 fully saturated rings. The second-order valence-electron chi connectivity index (χ2n) is 7.13. The number of piperidine rings is 1. The molecule has 1 aliphatic heterocycles. The summed E-state index contributed by atoms with van der Waals surface area (Å²) < 4.78 is 1.76. The van der Waals surface area contributed by atoms with Crippen LogP contribution in [-0.4, -0.2) is 38.0 Å². The van der Waals surface area contributed by atoms with Crippen molar-refractivity contribution in [1.82, 2.24) is 19.7 Å². The number of likely N-dealkylation sites (tertiary alicyclic amines) is 1. The van der Waals surface area contributed by atoms with Gasteiger partial charge >= 0.3 is 0 Å². The van der Waals surface area contributed by atoms with Crippen molar-refractivity contribution in [3.8, 4) is 0 Å². The molecule has 0 aliphatic carbocycles. The Morgan fingerprint density at radius 2 is 1.90 bits per heavy atom. The molecule has 0 bridgehead atoms. The van der Waals surface area contributed by atoms with Crippen LogP contribution in [0.2, 0.25) is 0 Å². The summed E-state index contributed by atoms with van der Waals surface area (Å²) in [5.74, 6) is -0.205. The summed E-state index contributed by atoms with van der Waals surface area (Å²) >= 11 is 0. The average Bonchev–Trinajstić information content (AvgIpc) is 3.18. The second-order valence-corrected chi connectivity index (χ2v) is 7.13. The fraction of sp³-hybridized carbons (Fsp3) is 0.273. The number of carbonyl (C=O) groups excluding carboxylic acids is 2. The van der Waals surface area contributed by atoms with Crippen molar-refractivity contribution in [2.24, 2.45) is 0 Å². The molecule has 148 valence electrons. The number of hydrogen-bond acceptors (Lipinski definition) is 4. The summed E-state index contributed by atoms with van der Waals surface area (Å²) in [6.07, 6.45) is 9.16. The zero-order valence-corrected chi connectivity index (χ0v) is 16.1. The van der Waals surface area contributed by atoms with E-state index >= 15 is 0 Å². The van der Waals surface area contributed by atoms with Gasteiger partial charge < -0.3 is 10.2 Å². The fourth-order valence-corrected chi connectivity index (χ4v) is 3.61. The zero-order chi connectivity index (χ0) is 20.1. The number of hydrogen-bond donors (Lipinski definition) is 1. The van der Waals surface area contributed by atoms with E-state index in [0.29, 0.717) is 25.2 Å². The first-order chi connectivity index (χ1) is 14.2. The molecule has 3 aromatic rings. The molecule has 0 radical (unpaired) electrons. The first kappa shape index (κ1) is 18.9. The number of amides is 2. The van der Waals surface area contributed by atoms with Gasteiger partial charge in [-0.2, -0.15) is 5.10 Å². The summed E-state index contributed by atoms with van der Waals surface area (Å²) in [4.78, 5) is 31.4. The number of pyridine rings is 1. The Hall–Kier alpha value is -3.48. The molecule has 1 unspecified atom stereocenters. The molecule has 1 N–H and O–H groups in total. The molecular weight excluding hydrogens is 366 g/mol. The summed E-state index contributed by atoms with van der Waals surface area (Å²) in [6, 6.07) is 12.7. The lowest BCUT2D eigenvalue weighted by molar-refractivity contribution is -0.141. The van der Waals surface area contributed by atoms with Crippen molar-refractivity contribution >= 4 is 17.5 Å². The largest absolute Gasteiger partial charge is 0.327 e. The van der Waals surface area contributed by atoms with E-state index in [1.807, 2.05) is 42.5 Å². The molecule has 7 heteroatoms. The van der Waals surface area contributed by atoms with Gasteiger partial charge in [0.25, 0.3) is 5.91 Å². The lowest BCUT2D eigenvalue weighted by atomic mass is 10.0. The molecule has 1 saturated heterocycles. The topological polar surface area (TPSA) is 80.1 Å². The monoisotopic (exact) mass is 389 g/mol. The van der Waals surface area contributed by atoms with E-state index in [1.165, 1.54) is 0 Å².